The maximum absolute atomic E-state index is 12.3. The first kappa shape index (κ1) is 19.4. The van der Waals surface area contributed by atoms with Crippen LogP contribution < -0.4 is 9.62 Å². The molecule has 0 saturated carbocycles. The van der Waals surface area contributed by atoms with Crippen LogP contribution in [0.1, 0.15) is 18.2 Å². The third-order valence-corrected chi connectivity index (χ3v) is 7.87. The lowest BCUT2D eigenvalue weighted by Crippen LogP contribution is -2.47. The van der Waals surface area contributed by atoms with Gasteiger partial charge < -0.3 is 4.90 Å². The highest BCUT2D eigenvalue weighted by molar-refractivity contribution is 7.91. The highest BCUT2D eigenvalue weighted by atomic mass is 32.2. The smallest absolute Gasteiger partial charge is 0.250 e. The van der Waals surface area contributed by atoms with Gasteiger partial charge in [-0.05, 0) is 43.7 Å². The van der Waals surface area contributed by atoms with Gasteiger partial charge in [0.15, 0.2) is 0 Å². The number of thiophene rings is 1. The Labute approximate surface area is 160 Å². The Bertz CT molecular complexity index is 782. The van der Waals surface area contributed by atoms with E-state index in [1.165, 1.54) is 17.0 Å². The normalized spacial score (nSPS) is 16.1. The summed E-state index contributed by atoms with van der Waals surface area (Å²) >= 11 is 1.36. The van der Waals surface area contributed by atoms with E-state index >= 15 is 0 Å². The molecule has 1 aromatic carbocycles. The Morgan fingerprint density at radius 2 is 1.77 bits per heavy atom. The molecule has 1 fully saturated rings. The minimum absolute atomic E-state index is 0.422. The summed E-state index contributed by atoms with van der Waals surface area (Å²) in [5, 5.41) is 0. The first-order chi connectivity index (χ1) is 12.6. The minimum atomic E-state index is -3.36. The van der Waals surface area contributed by atoms with Crippen molar-refractivity contribution in [2.24, 2.45) is 0 Å². The van der Waals surface area contributed by atoms with Gasteiger partial charge in [-0.3, -0.25) is 4.90 Å². The van der Waals surface area contributed by atoms with Gasteiger partial charge in [-0.15, -0.1) is 11.3 Å². The predicted molar refractivity (Wildman–Crippen MR) is 109 cm³/mol. The van der Waals surface area contributed by atoms with E-state index in [2.05, 4.69) is 38.8 Å². The zero-order chi connectivity index (χ0) is 18.4. The van der Waals surface area contributed by atoms with E-state index in [9.17, 15) is 8.42 Å². The van der Waals surface area contributed by atoms with Gasteiger partial charge in [0.2, 0.25) is 10.0 Å². The van der Waals surface area contributed by atoms with Crippen molar-refractivity contribution in [1.29, 1.82) is 0 Å². The van der Waals surface area contributed by atoms with Gasteiger partial charge >= 0.3 is 0 Å². The Kier molecular flexibility index (Phi) is 6.69. The van der Waals surface area contributed by atoms with Crippen molar-refractivity contribution in [3.8, 4) is 0 Å². The van der Waals surface area contributed by atoms with Crippen LogP contribution in [0.4, 0.5) is 5.69 Å². The maximum Gasteiger partial charge on any atom is 0.250 e. The Balaban J connectivity index is 1.38. The third-order valence-electron chi connectivity index (χ3n) is 4.69. The van der Waals surface area contributed by atoms with Crippen molar-refractivity contribution in [2.75, 3.05) is 44.2 Å². The fourth-order valence-corrected chi connectivity index (χ4v) is 5.56. The van der Waals surface area contributed by atoms with Crippen LogP contribution >= 0.6 is 11.3 Å². The lowest BCUT2D eigenvalue weighted by Gasteiger charge is -2.36. The van der Waals surface area contributed by atoms with Gasteiger partial charge in [-0.2, -0.15) is 0 Å². The van der Waals surface area contributed by atoms with Crippen LogP contribution in [-0.4, -0.2) is 52.6 Å². The molecule has 0 unspecified atom stereocenters. The number of anilines is 1. The number of hydrogen-bond donors (Lipinski definition) is 1. The first-order valence-electron chi connectivity index (χ1n) is 9.19. The SMILES string of the molecule is CCc1ccc(S(=O)(=O)NCCCN2CCN(c3ccccc3)CC2)s1. The number of nitrogens with one attached hydrogen (secondary N) is 1. The molecule has 0 amide bonds. The van der Waals surface area contributed by atoms with Gasteiger partial charge in [0.1, 0.15) is 4.21 Å². The summed E-state index contributed by atoms with van der Waals surface area (Å²) in [7, 11) is -3.36. The van der Waals surface area contributed by atoms with E-state index in [0.717, 1.165) is 50.4 Å². The van der Waals surface area contributed by atoms with Crippen molar-refractivity contribution < 1.29 is 8.42 Å². The molecule has 1 aliphatic rings. The summed E-state index contributed by atoms with van der Waals surface area (Å²) in [6.07, 6.45) is 1.70. The lowest BCUT2D eigenvalue weighted by molar-refractivity contribution is 0.255. The number of aryl methyl sites for hydroxylation is 1. The molecular weight excluding hydrogens is 366 g/mol. The fraction of sp³-hybridized carbons (Fsp3) is 0.474. The second kappa shape index (κ2) is 8.99. The second-order valence-corrected chi connectivity index (χ2v) is 9.65. The average molecular weight is 394 g/mol. The molecule has 0 aliphatic carbocycles. The molecule has 2 heterocycles. The topological polar surface area (TPSA) is 52.7 Å². The fourth-order valence-electron chi connectivity index (χ4n) is 3.14. The van der Waals surface area contributed by atoms with Crippen molar-refractivity contribution in [1.82, 2.24) is 9.62 Å². The molecule has 1 aliphatic heterocycles. The molecule has 1 aromatic heterocycles. The monoisotopic (exact) mass is 393 g/mol. The number of hydrogen-bond acceptors (Lipinski definition) is 5. The van der Waals surface area contributed by atoms with Crippen LogP contribution in [0, 0.1) is 0 Å². The first-order valence-corrected chi connectivity index (χ1v) is 11.5. The van der Waals surface area contributed by atoms with E-state index in [0.29, 0.717) is 10.8 Å². The summed E-state index contributed by atoms with van der Waals surface area (Å²) < 4.78 is 27.7. The number of rotatable bonds is 8. The number of benzene rings is 1. The van der Waals surface area contributed by atoms with Crippen molar-refractivity contribution in [3.05, 3.63) is 47.3 Å². The molecule has 5 nitrogen and oxygen atoms in total. The van der Waals surface area contributed by atoms with Crippen LogP contribution in [0.25, 0.3) is 0 Å². The minimum Gasteiger partial charge on any atom is -0.369 e. The number of sulfonamides is 1. The van der Waals surface area contributed by atoms with E-state index in [1.54, 1.807) is 6.07 Å². The summed E-state index contributed by atoms with van der Waals surface area (Å²) in [5.41, 5.74) is 1.28. The summed E-state index contributed by atoms with van der Waals surface area (Å²) in [6, 6.07) is 14.1. The van der Waals surface area contributed by atoms with Gasteiger partial charge in [0.25, 0.3) is 0 Å². The third kappa shape index (κ3) is 5.07. The zero-order valence-corrected chi connectivity index (χ0v) is 16.9. The molecule has 26 heavy (non-hydrogen) atoms. The zero-order valence-electron chi connectivity index (χ0n) is 15.2. The molecule has 1 N–H and O–H groups in total. The molecule has 3 rings (SSSR count). The van der Waals surface area contributed by atoms with Gasteiger partial charge in [-0.1, -0.05) is 25.1 Å². The van der Waals surface area contributed by atoms with E-state index in [-0.39, 0.29) is 0 Å². The molecule has 142 valence electrons. The Morgan fingerprint density at radius 3 is 2.42 bits per heavy atom. The van der Waals surface area contributed by atoms with Gasteiger partial charge in [0, 0.05) is 43.3 Å². The highest BCUT2D eigenvalue weighted by Gasteiger charge is 2.18. The van der Waals surface area contributed by atoms with Crippen LogP contribution in [0.2, 0.25) is 0 Å². The van der Waals surface area contributed by atoms with Gasteiger partial charge in [0.05, 0.1) is 0 Å². The molecule has 0 bridgehead atoms. The van der Waals surface area contributed by atoms with Crippen LogP contribution in [-0.2, 0) is 16.4 Å². The average Bonchev–Trinajstić information content (AvgIpc) is 3.17. The standard InChI is InChI=1S/C19H27N3O2S2/c1-2-18-9-10-19(25-18)26(23,24)20-11-6-12-21-13-15-22(16-14-21)17-7-4-3-5-8-17/h3-5,7-10,20H,2,6,11-16H2,1H3. The molecule has 7 heteroatoms. The number of piperazine rings is 1. The Morgan fingerprint density at radius 1 is 1.04 bits per heavy atom. The molecule has 0 spiro atoms. The molecular formula is C19H27N3O2S2. The summed E-state index contributed by atoms with van der Waals surface area (Å²) in [6.45, 7) is 7.53. The van der Waals surface area contributed by atoms with Crippen molar-refractivity contribution in [2.45, 2.75) is 24.0 Å². The van der Waals surface area contributed by atoms with Crippen LogP contribution in [0.15, 0.2) is 46.7 Å². The largest absolute Gasteiger partial charge is 0.369 e. The lowest BCUT2D eigenvalue weighted by atomic mass is 10.2. The van der Waals surface area contributed by atoms with Crippen LogP contribution in [0.3, 0.4) is 0 Å². The maximum atomic E-state index is 12.3. The van der Waals surface area contributed by atoms with Gasteiger partial charge in [-0.25, -0.2) is 13.1 Å². The summed E-state index contributed by atoms with van der Waals surface area (Å²) in [5.74, 6) is 0. The van der Waals surface area contributed by atoms with E-state index in [1.807, 2.05) is 19.1 Å². The Hall–Kier alpha value is -1.41. The predicted octanol–water partition coefficient (Wildman–Crippen LogP) is 2.80. The molecule has 0 atom stereocenters. The van der Waals surface area contributed by atoms with E-state index < -0.39 is 10.0 Å². The second-order valence-electron chi connectivity index (χ2n) is 6.49. The highest BCUT2D eigenvalue weighted by Crippen LogP contribution is 2.21. The van der Waals surface area contributed by atoms with Crippen LogP contribution in [0.5, 0.6) is 0 Å². The molecule has 2 aromatic rings. The quantitative estimate of drug-likeness (QED) is 0.701. The number of para-hydroxylation sites is 1. The number of nitrogens with zero attached hydrogens (tertiary/aromatic N) is 2. The van der Waals surface area contributed by atoms with Crippen molar-refractivity contribution >= 4 is 27.0 Å². The summed E-state index contributed by atoms with van der Waals surface area (Å²) in [4.78, 5) is 5.91. The molecule has 0 radical (unpaired) electrons. The van der Waals surface area contributed by atoms with Crippen molar-refractivity contribution in [3.63, 3.8) is 0 Å². The molecule has 1 saturated heterocycles. The van der Waals surface area contributed by atoms with E-state index in [4.69, 9.17) is 0 Å².